The van der Waals surface area contributed by atoms with Gasteiger partial charge in [0.25, 0.3) is 0 Å². The number of hydrogen-bond donors (Lipinski definition) is 13. The van der Waals surface area contributed by atoms with Gasteiger partial charge in [0.2, 0.25) is 47.3 Å². The van der Waals surface area contributed by atoms with E-state index in [9.17, 15) is 47.9 Å². The maximum atomic E-state index is 15.4. The summed E-state index contributed by atoms with van der Waals surface area (Å²) in [5, 5.41) is 16.1. The predicted molar refractivity (Wildman–Crippen MR) is 283 cm³/mol. The molecule has 1 aliphatic heterocycles. The zero-order chi connectivity index (χ0) is 56.6. The number of halogens is 1. The number of rotatable bonds is 19. The molecule has 418 valence electrons. The Morgan fingerprint density at radius 2 is 1.38 bits per heavy atom. The number of nitrogens with two attached hydrogens (primary N) is 6. The van der Waals surface area contributed by atoms with E-state index in [1.54, 1.807) is 6.20 Å². The van der Waals surface area contributed by atoms with Crippen molar-refractivity contribution < 1.29 is 52.3 Å². The van der Waals surface area contributed by atoms with E-state index in [2.05, 4.69) is 46.9 Å². The number of nitrogens with zero attached hydrogens (tertiary/aromatic N) is 2. The molecule has 0 unspecified atom stereocenters. The molecule has 2 heterocycles. The number of carbonyl (C=O) groups excluding carboxylic acids is 10. The summed E-state index contributed by atoms with van der Waals surface area (Å²) in [6, 6.07) is 5.23. The molecule has 0 spiro atoms. The summed E-state index contributed by atoms with van der Waals surface area (Å²) in [4.78, 5) is 148. The van der Waals surface area contributed by atoms with Crippen LogP contribution >= 0.6 is 0 Å². The van der Waals surface area contributed by atoms with E-state index < -0.39 is 145 Å². The van der Waals surface area contributed by atoms with Crippen LogP contribution in [0.5, 0.6) is 0 Å². The van der Waals surface area contributed by atoms with E-state index in [-0.39, 0.29) is 88.5 Å². The molecule has 7 atom stereocenters. The first-order chi connectivity index (χ1) is 36.6. The van der Waals surface area contributed by atoms with Crippen molar-refractivity contribution in [2.45, 2.75) is 127 Å². The normalized spacial score (nSPS) is 21.0. The molecular weight excluding hydrogens is 1000 g/mol. The lowest BCUT2D eigenvalue weighted by Crippen LogP contribution is -2.58. The molecular formula is C51H72FN15O10. The van der Waals surface area contributed by atoms with E-state index in [0.29, 0.717) is 5.56 Å². The summed E-state index contributed by atoms with van der Waals surface area (Å²) >= 11 is 0. The monoisotopic (exact) mass is 1070 g/mol. The van der Waals surface area contributed by atoms with Gasteiger partial charge < -0.3 is 71.3 Å². The van der Waals surface area contributed by atoms with E-state index >= 15 is 4.39 Å². The van der Waals surface area contributed by atoms with Crippen LogP contribution in [0.15, 0.2) is 64.7 Å². The van der Waals surface area contributed by atoms with Crippen molar-refractivity contribution in [3.63, 3.8) is 0 Å². The lowest BCUT2D eigenvalue weighted by atomic mass is 9.83. The topological polar surface area (TPSA) is 440 Å². The van der Waals surface area contributed by atoms with E-state index in [1.165, 1.54) is 18.2 Å². The van der Waals surface area contributed by atoms with Gasteiger partial charge in [-0.2, -0.15) is 0 Å². The highest BCUT2D eigenvalue weighted by Gasteiger charge is 2.36. The van der Waals surface area contributed by atoms with Crippen molar-refractivity contribution >= 4 is 81.6 Å². The minimum atomic E-state index is -1.74. The molecule has 0 saturated carbocycles. The molecule has 0 radical (unpaired) electrons. The number of aromatic nitrogens is 1. The first-order valence-electron chi connectivity index (χ1n) is 25.4. The lowest BCUT2D eigenvalue weighted by molar-refractivity contribution is -0.136. The summed E-state index contributed by atoms with van der Waals surface area (Å²) < 4.78 is 15.4. The zero-order valence-corrected chi connectivity index (χ0v) is 43.1. The Bertz CT molecular complexity index is 2650. The van der Waals surface area contributed by atoms with Crippen molar-refractivity contribution in [1.29, 1.82) is 0 Å². The molecule has 2 aromatic carbocycles. The van der Waals surface area contributed by atoms with Gasteiger partial charge in [-0.05, 0) is 81.0 Å². The molecule has 3 aromatic rings. The lowest BCUT2D eigenvalue weighted by Gasteiger charge is -2.27. The van der Waals surface area contributed by atoms with E-state index in [1.807, 2.05) is 24.3 Å². The summed E-state index contributed by atoms with van der Waals surface area (Å²) in [7, 11) is 0. The van der Waals surface area contributed by atoms with Crippen LogP contribution in [-0.4, -0.2) is 126 Å². The summed E-state index contributed by atoms with van der Waals surface area (Å²) in [5.74, 6) is -11.6. The smallest absolute Gasteiger partial charge is 0.243 e. The average Bonchev–Trinajstić information content (AvgIpc) is 3.77. The number of ketones is 2. The summed E-state index contributed by atoms with van der Waals surface area (Å²) in [6.45, 7) is 1.25. The molecule has 19 N–H and O–H groups in total. The van der Waals surface area contributed by atoms with Crippen molar-refractivity contribution in [2.75, 3.05) is 19.6 Å². The Kier molecular flexibility index (Phi) is 24.4. The Hall–Kier alpha value is -8.45. The van der Waals surface area contributed by atoms with Gasteiger partial charge in [0, 0.05) is 81.2 Å². The van der Waals surface area contributed by atoms with Crippen LogP contribution in [0.25, 0.3) is 10.9 Å². The van der Waals surface area contributed by atoms with Crippen LogP contribution in [0.3, 0.4) is 0 Å². The number of Topliss-reactive ketones (excluding diaryl/α,β-unsaturated/α-hetero) is 2. The number of primary amides is 2. The SMILES string of the molecule is CC(=O)N[C@H](CCCN=C(N)N)C(=O)N[C@H]1CC(=O)NCCCC[C@@H](C(N)=O)NC(=O)[C@H](Cc2c[nH]c3ccccc23)CC(=O)[C@H](CCCN=C(N)N)CC(=O)[C@@H](Cc2ccccc2F)NC(=O)[C@H](CCC(N)=O)NC1=O. The second kappa shape index (κ2) is 30.8. The van der Waals surface area contributed by atoms with E-state index in [0.717, 1.165) is 23.9 Å². The highest BCUT2D eigenvalue weighted by atomic mass is 19.1. The fourth-order valence-corrected chi connectivity index (χ4v) is 8.80. The number of hydrogen-bond acceptors (Lipinski definition) is 12. The molecule has 0 bridgehead atoms. The first kappa shape index (κ1) is 61.1. The highest BCUT2D eigenvalue weighted by molar-refractivity contribution is 5.99. The number of fused-ring (bicyclic) bond motifs is 1. The number of benzene rings is 2. The molecule has 25 nitrogen and oxygen atoms in total. The molecule has 26 heteroatoms. The van der Waals surface area contributed by atoms with Crippen molar-refractivity contribution in [3.8, 4) is 0 Å². The van der Waals surface area contributed by atoms with Crippen LogP contribution in [0, 0.1) is 17.7 Å². The molecule has 1 saturated heterocycles. The van der Waals surface area contributed by atoms with Crippen molar-refractivity contribution in [2.24, 2.45) is 56.2 Å². The van der Waals surface area contributed by atoms with Gasteiger partial charge in [0.05, 0.1) is 12.5 Å². The van der Waals surface area contributed by atoms with E-state index in [4.69, 9.17) is 34.4 Å². The number of guanidine groups is 2. The molecule has 77 heavy (non-hydrogen) atoms. The number of nitrogens with one attached hydrogen (secondary N) is 7. The fourth-order valence-electron chi connectivity index (χ4n) is 8.80. The molecule has 0 aliphatic carbocycles. The average molecular weight is 1070 g/mol. The van der Waals surface area contributed by atoms with Gasteiger partial charge in [-0.15, -0.1) is 0 Å². The Balaban J connectivity index is 1.80. The number of aromatic amines is 1. The van der Waals surface area contributed by atoms with Gasteiger partial charge in [-0.3, -0.25) is 57.9 Å². The Morgan fingerprint density at radius 1 is 0.714 bits per heavy atom. The standard InChI is InChI=1S/C51H72FN15O10/c1-28(68)63-37(16-9-21-61-51(57)58)47(75)67-40-26-44(72)59-19-7-6-15-36(45(54)73)64-46(74)31(22-32-27-62-35-14-5-3-12-33(32)35)25-41(69)30(11-8-20-60-50(55)56)24-42(70)39(23-29-10-2-4-13-34(29)52)66-48(76)38(65-49(40)77)17-18-43(53)71/h2-5,10,12-14,27,30-31,36-40,62H,6-9,11,15-26H2,1H3,(H2,53,71)(H2,54,73)(H,59,72)(H,63,68)(H,64,74)(H,65,77)(H,66,76)(H,67,75)(H4,55,56,60)(H4,57,58,61)/t30-,31-,36+,37-,38+,39-,40+/m1/s1. The van der Waals surface area contributed by atoms with Gasteiger partial charge in [0.1, 0.15) is 35.8 Å². The Labute approximate surface area is 444 Å². The quantitative estimate of drug-likeness (QED) is 0.0359. The minimum Gasteiger partial charge on any atom is -0.370 e. The second-order valence-corrected chi connectivity index (χ2v) is 18.9. The third kappa shape index (κ3) is 21.0. The minimum absolute atomic E-state index is 0.00325. The molecule has 4 rings (SSSR count). The molecule has 1 fully saturated rings. The number of H-pyrrole nitrogens is 1. The third-order valence-electron chi connectivity index (χ3n) is 12.8. The number of carbonyl (C=O) groups is 10. The summed E-state index contributed by atoms with van der Waals surface area (Å²) in [5.41, 5.74) is 34.7. The maximum Gasteiger partial charge on any atom is 0.243 e. The highest BCUT2D eigenvalue weighted by Crippen LogP contribution is 2.26. The first-order valence-corrected chi connectivity index (χ1v) is 25.4. The molecule has 8 amide bonds. The zero-order valence-electron chi connectivity index (χ0n) is 43.1. The molecule has 1 aliphatic rings. The van der Waals surface area contributed by atoms with Gasteiger partial charge >= 0.3 is 0 Å². The second-order valence-electron chi connectivity index (χ2n) is 18.9. The van der Waals surface area contributed by atoms with Gasteiger partial charge in [-0.1, -0.05) is 36.4 Å². The van der Waals surface area contributed by atoms with Crippen LogP contribution in [0.2, 0.25) is 0 Å². The van der Waals surface area contributed by atoms with Gasteiger partial charge in [-0.25, -0.2) is 4.39 Å². The Morgan fingerprint density at radius 3 is 2.05 bits per heavy atom. The fraction of sp³-hybridized carbons (Fsp3) is 0.490. The van der Waals surface area contributed by atoms with Crippen LogP contribution in [-0.2, 0) is 60.8 Å². The number of aliphatic imine (C=N–C) groups is 2. The summed E-state index contributed by atoms with van der Waals surface area (Å²) in [6.07, 6.45) is -0.615. The third-order valence-corrected chi connectivity index (χ3v) is 12.8. The van der Waals surface area contributed by atoms with Crippen molar-refractivity contribution in [1.82, 2.24) is 36.9 Å². The largest absolute Gasteiger partial charge is 0.370 e. The molecule has 1 aromatic heterocycles. The van der Waals surface area contributed by atoms with Crippen molar-refractivity contribution in [3.05, 3.63) is 71.7 Å². The van der Waals surface area contributed by atoms with Gasteiger partial charge in [0.15, 0.2) is 17.7 Å². The maximum absolute atomic E-state index is 15.4. The predicted octanol–water partition coefficient (Wildman–Crippen LogP) is -1.76. The van der Waals surface area contributed by atoms with Crippen LogP contribution < -0.4 is 66.3 Å². The number of para-hydroxylation sites is 1. The number of amides is 8. The van der Waals surface area contributed by atoms with Crippen LogP contribution in [0.1, 0.15) is 95.1 Å². The van der Waals surface area contributed by atoms with Crippen LogP contribution in [0.4, 0.5) is 4.39 Å².